The summed E-state index contributed by atoms with van der Waals surface area (Å²) >= 11 is 0. The number of carbonyl (C=O) groups is 4. The van der Waals surface area contributed by atoms with Gasteiger partial charge in [0.1, 0.15) is 17.7 Å². The summed E-state index contributed by atoms with van der Waals surface area (Å²) in [5.74, 6) is -1.50. The molecule has 4 amide bonds. The lowest BCUT2D eigenvalue weighted by Gasteiger charge is -2.39. The van der Waals surface area contributed by atoms with Crippen molar-refractivity contribution in [3.8, 4) is 0 Å². The number of amides is 4. The molecule has 9 nitrogen and oxygen atoms in total. The summed E-state index contributed by atoms with van der Waals surface area (Å²) in [5.41, 5.74) is 8.55. The molecule has 0 saturated carbocycles. The molecule has 0 bridgehead atoms. The van der Waals surface area contributed by atoms with E-state index in [1.165, 1.54) is 4.90 Å². The first-order chi connectivity index (χ1) is 18.7. The molecule has 4 N–H and O–H groups in total. The number of para-hydroxylation sites is 1. The highest BCUT2D eigenvalue weighted by Crippen LogP contribution is 2.31. The molecule has 2 rings (SSSR count). The van der Waals surface area contributed by atoms with E-state index in [1.807, 2.05) is 77.1 Å². The van der Waals surface area contributed by atoms with Crippen LogP contribution in [0.15, 0.2) is 42.5 Å². The summed E-state index contributed by atoms with van der Waals surface area (Å²) < 4.78 is 5.39. The normalized spacial score (nSPS) is 13.5. The van der Waals surface area contributed by atoms with Crippen molar-refractivity contribution in [1.29, 1.82) is 0 Å². The number of rotatable bonds is 11. The minimum absolute atomic E-state index is 0.0423. The Bertz CT molecular complexity index is 1200. The molecule has 0 aliphatic rings. The summed E-state index contributed by atoms with van der Waals surface area (Å²) in [6, 6.07) is 10.6. The molecule has 0 heterocycles. The molecule has 0 fully saturated rings. The van der Waals surface area contributed by atoms with Gasteiger partial charge in [-0.2, -0.15) is 0 Å². The van der Waals surface area contributed by atoms with E-state index in [9.17, 15) is 19.2 Å². The summed E-state index contributed by atoms with van der Waals surface area (Å²) in [5, 5.41) is 5.68. The Labute approximate surface area is 237 Å². The van der Waals surface area contributed by atoms with E-state index >= 15 is 0 Å². The van der Waals surface area contributed by atoms with Crippen LogP contribution in [0.1, 0.15) is 82.2 Å². The van der Waals surface area contributed by atoms with Gasteiger partial charge < -0.3 is 26.0 Å². The van der Waals surface area contributed by atoms with Crippen LogP contribution < -0.4 is 16.4 Å². The van der Waals surface area contributed by atoms with Crippen LogP contribution in [-0.2, 0) is 19.1 Å². The van der Waals surface area contributed by atoms with Gasteiger partial charge >= 0.3 is 6.09 Å². The molecular formula is C31H44N4O5. The lowest BCUT2D eigenvalue weighted by molar-refractivity contribution is -0.143. The monoisotopic (exact) mass is 552 g/mol. The molecule has 9 heteroatoms. The van der Waals surface area contributed by atoms with Gasteiger partial charge in [-0.05, 0) is 83.6 Å². The van der Waals surface area contributed by atoms with Crippen molar-refractivity contribution >= 4 is 29.5 Å². The number of alkyl carbamates (subject to hydrolysis) is 1. The van der Waals surface area contributed by atoms with Gasteiger partial charge in [-0.25, -0.2) is 4.79 Å². The van der Waals surface area contributed by atoms with Crippen LogP contribution >= 0.6 is 0 Å². The second kappa shape index (κ2) is 14.0. The number of ether oxygens (including phenoxy) is 1. The topological polar surface area (TPSA) is 131 Å². The molecule has 2 aromatic carbocycles. The number of primary amides is 1. The Balaban J connectivity index is 2.63. The minimum atomic E-state index is -1.14. The minimum Gasteiger partial charge on any atom is -0.444 e. The molecular weight excluding hydrogens is 508 g/mol. The fourth-order valence-corrected chi connectivity index (χ4v) is 4.48. The number of nitrogens with two attached hydrogens (primary N) is 1. The predicted molar refractivity (Wildman–Crippen MR) is 157 cm³/mol. The van der Waals surface area contributed by atoms with Crippen LogP contribution in [-0.4, -0.2) is 46.4 Å². The third-order valence-electron chi connectivity index (χ3n) is 6.73. The van der Waals surface area contributed by atoms with E-state index in [-0.39, 0.29) is 18.7 Å². The fraction of sp³-hybridized carbons (Fsp3) is 0.484. The van der Waals surface area contributed by atoms with Crippen LogP contribution in [0.5, 0.6) is 0 Å². The summed E-state index contributed by atoms with van der Waals surface area (Å²) in [7, 11) is 0. The maximum absolute atomic E-state index is 14.3. The molecule has 3 atom stereocenters. The number of anilines is 1. The molecule has 0 saturated heterocycles. The molecule has 40 heavy (non-hydrogen) atoms. The lowest BCUT2D eigenvalue weighted by atomic mass is 9.95. The molecule has 0 spiro atoms. The SMILES string of the molecule is CCC(C)N(C(=O)C(CCC(N)=O)NC(=O)OC(C)(C)C)C(C(=O)Nc1c(C)cccc1C)c1ccccc1C. The maximum Gasteiger partial charge on any atom is 0.408 e. The van der Waals surface area contributed by atoms with E-state index in [2.05, 4.69) is 10.6 Å². The quantitative estimate of drug-likeness (QED) is 0.358. The van der Waals surface area contributed by atoms with E-state index in [4.69, 9.17) is 10.5 Å². The largest absolute Gasteiger partial charge is 0.444 e. The van der Waals surface area contributed by atoms with Crippen LogP contribution in [0.25, 0.3) is 0 Å². The smallest absolute Gasteiger partial charge is 0.408 e. The van der Waals surface area contributed by atoms with E-state index in [0.29, 0.717) is 17.7 Å². The average Bonchev–Trinajstić information content (AvgIpc) is 2.85. The zero-order valence-corrected chi connectivity index (χ0v) is 25.0. The number of aryl methyl sites for hydroxylation is 3. The van der Waals surface area contributed by atoms with Crippen molar-refractivity contribution in [1.82, 2.24) is 10.2 Å². The Morgan fingerprint density at radius 2 is 1.52 bits per heavy atom. The molecule has 0 aromatic heterocycles. The first kappa shape index (κ1) is 32.3. The van der Waals surface area contributed by atoms with Crippen molar-refractivity contribution in [3.63, 3.8) is 0 Å². The van der Waals surface area contributed by atoms with Gasteiger partial charge in [-0.3, -0.25) is 14.4 Å². The third kappa shape index (κ3) is 8.83. The molecule has 0 aliphatic carbocycles. The highest BCUT2D eigenvalue weighted by Gasteiger charge is 2.39. The highest BCUT2D eigenvalue weighted by atomic mass is 16.6. The number of nitrogens with zero attached hydrogens (tertiary/aromatic N) is 1. The van der Waals surface area contributed by atoms with E-state index < -0.39 is 41.6 Å². The van der Waals surface area contributed by atoms with E-state index in [0.717, 1.165) is 16.7 Å². The van der Waals surface area contributed by atoms with Gasteiger partial charge in [-0.1, -0.05) is 49.4 Å². The second-order valence-corrected chi connectivity index (χ2v) is 11.2. The van der Waals surface area contributed by atoms with Crippen molar-refractivity contribution in [2.45, 2.75) is 98.4 Å². The maximum atomic E-state index is 14.3. The fourth-order valence-electron chi connectivity index (χ4n) is 4.48. The molecule has 218 valence electrons. The lowest BCUT2D eigenvalue weighted by Crippen LogP contribution is -2.55. The standard InChI is InChI=1S/C31H44N4O5/c1-9-22(5)35(29(38)24(17-18-25(32)36)33-30(39)40-31(6,7)8)27(23-16-11-10-13-19(23)2)28(37)34-26-20(3)14-12-15-21(26)4/h10-16,22,24,27H,9,17-18H2,1-8H3,(H2,32,36)(H,33,39)(H,34,37). The van der Waals surface area contributed by atoms with Crippen LogP contribution in [0, 0.1) is 20.8 Å². The van der Waals surface area contributed by atoms with Gasteiger partial charge in [0, 0.05) is 18.2 Å². The third-order valence-corrected chi connectivity index (χ3v) is 6.73. The summed E-state index contributed by atoms with van der Waals surface area (Å²) in [6.45, 7) is 14.6. The van der Waals surface area contributed by atoms with Gasteiger partial charge in [0.05, 0.1) is 0 Å². The molecule has 3 unspecified atom stereocenters. The molecule has 2 aromatic rings. The number of hydrogen-bond acceptors (Lipinski definition) is 5. The average molecular weight is 553 g/mol. The molecule has 0 aliphatic heterocycles. The van der Waals surface area contributed by atoms with Gasteiger partial charge in [-0.15, -0.1) is 0 Å². The Hall–Kier alpha value is -3.88. The Morgan fingerprint density at radius 3 is 2.05 bits per heavy atom. The summed E-state index contributed by atoms with van der Waals surface area (Å²) in [4.78, 5) is 54.3. The number of carbonyl (C=O) groups excluding carboxylic acids is 4. The summed E-state index contributed by atoms with van der Waals surface area (Å²) in [6.07, 6.45) is -0.435. The van der Waals surface area contributed by atoms with Crippen LogP contribution in [0.3, 0.4) is 0 Å². The van der Waals surface area contributed by atoms with Crippen molar-refractivity contribution in [3.05, 3.63) is 64.7 Å². The second-order valence-electron chi connectivity index (χ2n) is 11.2. The molecule has 0 radical (unpaired) electrons. The zero-order chi connectivity index (χ0) is 30.2. The number of hydrogen-bond donors (Lipinski definition) is 3. The first-order valence-corrected chi connectivity index (χ1v) is 13.7. The Kier molecular flexibility index (Phi) is 11.3. The van der Waals surface area contributed by atoms with Crippen molar-refractivity contribution < 1.29 is 23.9 Å². The van der Waals surface area contributed by atoms with E-state index in [1.54, 1.807) is 20.8 Å². The first-order valence-electron chi connectivity index (χ1n) is 13.7. The van der Waals surface area contributed by atoms with Crippen molar-refractivity contribution in [2.75, 3.05) is 5.32 Å². The zero-order valence-electron chi connectivity index (χ0n) is 25.0. The number of benzene rings is 2. The Morgan fingerprint density at radius 1 is 0.950 bits per heavy atom. The van der Waals surface area contributed by atoms with Gasteiger partial charge in [0.15, 0.2) is 0 Å². The number of nitrogens with one attached hydrogen (secondary N) is 2. The predicted octanol–water partition coefficient (Wildman–Crippen LogP) is 5.08. The van der Waals surface area contributed by atoms with Crippen LogP contribution in [0.2, 0.25) is 0 Å². The van der Waals surface area contributed by atoms with Crippen molar-refractivity contribution in [2.24, 2.45) is 5.73 Å². The van der Waals surface area contributed by atoms with Gasteiger partial charge in [0.2, 0.25) is 11.8 Å². The highest BCUT2D eigenvalue weighted by molar-refractivity contribution is 6.00. The van der Waals surface area contributed by atoms with Crippen LogP contribution in [0.4, 0.5) is 10.5 Å². The van der Waals surface area contributed by atoms with Gasteiger partial charge in [0.25, 0.3) is 5.91 Å².